The third-order valence-corrected chi connectivity index (χ3v) is 4.96. The van der Waals surface area contributed by atoms with Gasteiger partial charge in [0.1, 0.15) is 0 Å². The van der Waals surface area contributed by atoms with Crippen molar-refractivity contribution in [2.75, 3.05) is 7.05 Å². The van der Waals surface area contributed by atoms with E-state index in [9.17, 15) is 9.59 Å². The van der Waals surface area contributed by atoms with Crippen LogP contribution in [0.4, 0.5) is 0 Å². The lowest BCUT2D eigenvalue weighted by Crippen LogP contribution is -2.33. The van der Waals surface area contributed by atoms with Crippen molar-refractivity contribution in [3.8, 4) is 0 Å². The van der Waals surface area contributed by atoms with Gasteiger partial charge in [-0.3, -0.25) is 9.59 Å². The topological polar surface area (TPSA) is 49.4 Å². The van der Waals surface area contributed by atoms with Gasteiger partial charge >= 0.3 is 0 Å². The minimum Gasteiger partial charge on any atom is -0.352 e. The monoisotopic (exact) mass is 312 g/mol. The molecule has 1 atom stereocenters. The molecule has 1 aliphatic carbocycles. The molecule has 1 aliphatic heterocycles. The van der Waals surface area contributed by atoms with Crippen LogP contribution in [0.15, 0.2) is 35.4 Å². The van der Waals surface area contributed by atoms with E-state index in [4.69, 9.17) is 0 Å². The van der Waals surface area contributed by atoms with Crippen LogP contribution in [-0.2, 0) is 16.1 Å². The van der Waals surface area contributed by atoms with E-state index in [-0.39, 0.29) is 24.3 Å². The second-order valence-corrected chi connectivity index (χ2v) is 6.62. The Balaban J connectivity index is 1.62. The fourth-order valence-electron chi connectivity index (χ4n) is 3.58. The summed E-state index contributed by atoms with van der Waals surface area (Å²) in [5.74, 6) is -0.0292. The Morgan fingerprint density at radius 2 is 2.00 bits per heavy atom. The third-order valence-electron chi connectivity index (χ3n) is 4.96. The minimum atomic E-state index is -0.0685. The highest BCUT2D eigenvalue weighted by Crippen LogP contribution is 2.36. The molecule has 0 radical (unpaired) electrons. The summed E-state index contributed by atoms with van der Waals surface area (Å²) in [6, 6.07) is 8.34. The summed E-state index contributed by atoms with van der Waals surface area (Å²) in [6.45, 7) is 2.55. The first kappa shape index (κ1) is 15.8. The molecule has 1 unspecified atom stereocenters. The number of nitrogens with zero attached hydrogens (tertiary/aromatic N) is 1. The molecule has 2 aliphatic rings. The van der Waals surface area contributed by atoms with E-state index in [1.165, 1.54) is 17.6 Å². The Morgan fingerprint density at radius 3 is 2.74 bits per heavy atom. The molecule has 0 saturated heterocycles. The first-order valence-corrected chi connectivity index (χ1v) is 8.37. The van der Waals surface area contributed by atoms with E-state index in [2.05, 4.69) is 5.32 Å². The first-order chi connectivity index (χ1) is 11.1. The molecule has 1 aromatic rings. The molecule has 0 spiro atoms. The average molecular weight is 312 g/mol. The standard InChI is InChI=1S/C19H24N2O2/c1-13-7-9-14(10-8-13)12-20-18(22)11-16-15-5-3-4-6-17(15)21(2)19(16)23/h7-10,17H,3-6,11-12H2,1-2H3,(H,20,22). The van der Waals surface area contributed by atoms with Gasteiger partial charge in [-0.2, -0.15) is 0 Å². The van der Waals surface area contributed by atoms with Crippen LogP contribution in [-0.4, -0.2) is 29.8 Å². The number of hydrogen-bond donors (Lipinski definition) is 1. The average Bonchev–Trinajstić information content (AvgIpc) is 2.80. The molecule has 4 heteroatoms. The van der Waals surface area contributed by atoms with E-state index in [1.807, 2.05) is 43.1 Å². The van der Waals surface area contributed by atoms with Gasteiger partial charge < -0.3 is 10.2 Å². The first-order valence-electron chi connectivity index (χ1n) is 8.37. The quantitative estimate of drug-likeness (QED) is 0.929. The zero-order chi connectivity index (χ0) is 16.4. The summed E-state index contributed by atoms with van der Waals surface area (Å²) in [4.78, 5) is 26.5. The van der Waals surface area contributed by atoms with Gasteiger partial charge in [-0.1, -0.05) is 36.2 Å². The highest BCUT2D eigenvalue weighted by atomic mass is 16.2. The van der Waals surface area contributed by atoms with Gasteiger partial charge in [-0.25, -0.2) is 0 Å². The van der Waals surface area contributed by atoms with Crippen LogP contribution in [0.5, 0.6) is 0 Å². The summed E-state index contributed by atoms with van der Waals surface area (Å²) in [5.41, 5.74) is 4.22. The van der Waals surface area contributed by atoms with Gasteiger partial charge in [0.2, 0.25) is 5.91 Å². The van der Waals surface area contributed by atoms with Crippen LogP contribution in [0.1, 0.15) is 43.2 Å². The van der Waals surface area contributed by atoms with Crippen LogP contribution in [0.25, 0.3) is 0 Å². The minimum absolute atomic E-state index is 0.0392. The van der Waals surface area contributed by atoms with Crippen molar-refractivity contribution < 1.29 is 9.59 Å². The molecule has 3 rings (SSSR count). The number of likely N-dealkylation sites (N-methyl/N-ethyl adjacent to an activating group) is 1. The van der Waals surface area contributed by atoms with Crippen LogP contribution in [0.3, 0.4) is 0 Å². The highest BCUT2D eigenvalue weighted by molar-refractivity contribution is 6.02. The molecule has 2 amide bonds. The van der Waals surface area contributed by atoms with E-state index < -0.39 is 0 Å². The van der Waals surface area contributed by atoms with Crippen molar-refractivity contribution >= 4 is 11.8 Å². The lowest BCUT2D eigenvalue weighted by atomic mass is 9.88. The van der Waals surface area contributed by atoms with Gasteiger partial charge in [-0.15, -0.1) is 0 Å². The molecule has 1 aromatic carbocycles. The molecule has 1 heterocycles. The third kappa shape index (κ3) is 3.31. The smallest absolute Gasteiger partial charge is 0.250 e. The predicted octanol–water partition coefficient (Wildman–Crippen LogP) is 2.71. The van der Waals surface area contributed by atoms with E-state index in [0.29, 0.717) is 6.54 Å². The number of hydrogen-bond acceptors (Lipinski definition) is 2. The number of benzene rings is 1. The highest BCUT2D eigenvalue weighted by Gasteiger charge is 2.38. The van der Waals surface area contributed by atoms with Crippen LogP contribution >= 0.6 is 0 Å². The molecule has 23 heavy (non-hydrogen) atoms. The number of aryl methyl sites for hydroxylation is 1. The summed E-state index contributed by atoms with van der Waals surface area (Å²) in [6.07, 6.45) is 4.49. The molecule has 1 N–H and O–H groups in total. The van der Waals surface area contributed by atoms with Gasteiger partial charge in [0.15, 0.2) is 0 Å². The molecule has 0 aromatic heterocycles. The summed E-state index contributed by atoms with van der Waals surface area (Å²) in [5, 5.41) is 2.93. The largest absolute Gasteiger partial charge is 0.352 e. The molecule has 122 valence electrons. The molecule has 1 saturated carbocycles. The van der Waals surface area contributed by atoms with Crippen LogP contribution in [0.2, 0.25) is 0 Å². The Bertz CT molecular complexity index is 646. The van der Waals surface area contributed by atoms with Crippen molar-refractivity contribution in [2.45, 2.75) is 51.6 Å². The van der Waals surface area contributed by atoms with E-state index in [0.717, 1.165) is 30.4 Å². The molecular weight excluding hydrogens is 288 g/mol. The Hall–Kier alpha value is -2.10. The normalized spacial score (nSPS) is 20.7. The van der Waals surface area contributed by atoms with Crippen LogP contribution in [0, 0.1) is 6.92 Å². The van der Waals surface area contributed by atoms with Crippen molar-refractivity contribution in [2.24, 2.45) is 0 Å². The van der Waals surface area contributed by atoms with Crippen LogP contribution < -0.4 is 5.32 Å². The van der Waals surface area contributed by atoms with Gasteiger partial charge in [-0.05, 0) is 37.3 Å². The second kappa shape index (κ2) is 6.57. The van der Waals surface area contributed by atoms with E-state index in [1.54, 1.807) is 0 Å². The maximum atomic E-state index is 12.4. The van der Waals surface area contributed by atoms with Crippen molar-refractivity contribution in [3.63, 3.8) is 0 Å². The van der Waals surface area contributed by atoms with Gasteiger partial charge in [0, 0.05) is 19.2 Å². The maximum absolute atomic E-state index is 12.4. The molecule has 4 nitrogen and oxygen atoms in total. The Kier molecular flexibility index (Phi) is 4.51. The van der Waals surface area contributed by atoms with Crippen molar-refractivity contribution in [3.05, 3.63) is 46.5 Å². The molecule has 0 bridgehead atoms. The fourth-order valence-corrected chi connectivity index (χ4v) is 3.58. The number of nitrogens with one attached hydrogen (secondary N) is 1. The number of fused-ring (bicyclic) bond motifs is 1. The maximum Gasteiger partial charge on any atom is 0.250 e. The van der Waals surface area contributed by atoms with E-state index >= 15 is 0 Å². The summed E-state index contributed by atoms with van der Waals surface area (Å²) in [7, 11) is 1.86. The zero-order valence-electron chi connectivity index (χ0n) is 13.9. The van der Waals surface area contributed by atoms with Crippen molar-refractivity contribution in [1.29, 1.82) is 0 Å². The number of carbonyl (C=O) groups excluding carboxylic acids is 2. The molecule has 1 fully saturated rings. The Morgan fingerprint density at radius 1 is 1.26 bits per heavy atom. The zero-order valence-corrected chi connectivity index (χ0v) is 13.9. The second-order valence-electron chi connectivity index (χ2n) is 6.62. The van der Waals surface area contributed by atoms with Gasteiger partial charge in [0.05, 0.1) is 12.5 Å². The number of rotatable bonds is 4. The molecular formula is C19H24N2O2. The predicted molar refractivity (Wildman–Crippen MR) is 89.7 cm³/mol. The Labute approximate surface area is 137 Å². The van der Waals surface area contributed by atoms with Crippen molar-refractivity contribution in [1.82, 2.24) is 10.2 Å². The number of carbonyl (C=O) groups is 2. The summed E-state index contributed by atoms with van der Waals surface area (Å²) >= 11 is 0. The summed E-state index contributed by atoms with van der Waals surface area (Å²) < 4.78 is 0. The SMILES string of the molecule is Cc1ccc(CNC(=O)CC2=C3CCCCC3N(C)C2=O)cc1. The van der Waals surface area contributed by atoms with Gasteiger partial charge in [0.25, 0.3) is 5.91 Å². The lowest BCUT2D eigenvalue weighted by Gasteiger charge is -2.26. The lowest BCUT2D eigenvalue weighted by molar-refractivity contribution is -0.128. The fraction of sp³-hybridized carbons (Fsp3) is 0.474. The number of amides is 2.